The molecule has 0 bridgehead atoms. The van der Waals surface area contributed by atoms with Gasteiger partial charge in [-0.15, -0.1) is 0 Å². The third-order valence-corrected chi connectivity index (χ3v) is 6.82. The number of aromatic amines is 2. The number of hydrogen-bond acceptors (Lipinski definition) is 6. The molecule has 9 heteroatoms. The van der Waals surface area contributed by atoms with E-state index in [2.05, 4.69) is 53.6 Å². The number of nitrogens with zero attached hydrogens (tertiary/aromatic N) is 5. The summed E-state index contributed by atoms with van der Waals surface area (Å²) in [6.07, 6.45) is 8.98. The molecule has 0 spiro atoms. The molecule has 0 fully saturated rings. The van der Waals surface area contributed by atoms with E-state index in [1.165, 1.54) is 17.7 Å². The Balaban J connectivity index is 1.20. The average molecular weight is 527 g/mol. The van der Waals surface area contributed by atoms with Crippen molar-refractivity contribution in [1.82, 2.24) is 40.4 Å². The molecule has 7 rings (SSSR count). The van der Waals surface area contributed by atoms with Crippen molar-refractivity contribution in [2.24, 2.45) is 0 Å². The fraction of sp³-hybridized carbons (Fsp3) is 0.0645. The Kier molecular flexibility index (Phi) is 6.02. The maximum Gasteiger partial charge on any atom is 0.159 e. The first kappa shape index (κ1) is 23.8. The van der Waals surface area contributed by atoms with E-state index < -0.39 is 0 Å². The smallest absolute Gasteiger partial charge is 0.159 e. The summed E-state index contributed by atoms with van der Waals surface area (Å²) in [6.45, 7) is 1.48. The highest BCUT2D eigenvalue weighted by atomic mass is 19.1. The average Bonchev–Trinajstić information content (AvgIpc) is 3.62. The van der Waals surface area contributed by atoms with Crippen molar-refractivity contribution in [2.45, 2.75) is 13.1 Å². The number of fused-ring (bicyclic) bond motifs is 2. The summed E-state index contributed by atoms with van der Waals surface area (Å²) in [6, 6.07) is 20.8. The van der Waals surface area contributed by atoms with Gasteiger partial charge >= 0.3 is 0 Å². The van der Waals surface area contributed by atoms with E-state index in [-0.39, 0.29) is 5.82 Å². The topological polar surface area (TPSA) is 108 Å². The van der Waals surface area contributed by atoms with E-state index in [4.69, 9.17) is 4.98 Å². The molecule has 5 aromatic heterocycles. The third kappa shape index (κ3) is 4.59. The zero-order valence-electron chi connectivity index (χ0n) is 21.3. The van der Waals surface area contributed by atoms with Crippen molar-refractivity contribution in [3.05, 3.63) is 115 Å². The first-order chi connectivity index (χ1) is 19.7. The van der Waals surface area contributed by atoms with Crippen molar-refractivity contribution >= 4 is 22.1 Å². The van der Waals surface area contributed by atoms with Crippen LogP contribution in [-0.2, 0) is 13.1 Å². The van der Waals surface area contributed by atoms with Gasteiger partial charge in [0.2, 0.25) is 0 Å². The van der Waals surface area contributed by atoms with Gasteiger partial charge in [-0.25, -0.2) is 14.4 Å². The van der Waals surface area contributed by atoms with Crippen LogP contribution >= 0.6 is 0 Å². The summed E-state index contributed by atoms with van der Waals surface area (Å²) in [7, 11) is 0. The van der Waals surface area contributed by atoms with Crippen LogP contribution in [0.4, 0.5) is 4.39 Å². The number of aromatic nitrogens is 7. The minimum atomic E-state index is -0.290. The molecular formula is C31H23FN8. The molecule has 0 amide bonds. The van der Waals surface area contributed by atoms with Gasteiger partial charge in [0, 0.05) is 54.6 Å². The van der Waals surface area contributed by atoms with E-state index in [1.54, 1.807) is 24.5 Å². The lowest BCUT2D eigenvalue weighted by Gasteiger charge is -2.07. The van der Waals surface area contributed by atoms with E-state index in [9.17, 15) is 4.39 Å². The van der Waals surface area contributed by atoms with Crippen LogP contribution in [0.3, 0.4) is 0 Å². The van der Waals surface area contributed by atoms with Gasteiger partial charge in [-0.05, 0) is 41.0 Å². The summed E-state index contributed by atoms with van der Waals surface area (Å²) in [4.78, 5) is 21.6. The summed E-state index contributed by atoms with van der Waals surface area (Å²) in [5.41, 5.74) is 8.66. The van der Waals surface area contributed by atoms with Crippen LogP contribution < -0.4 is 5.32 Å². The molecule has 0 aliphatic heterocycles. The van der Waals surface area contributed by atoms with Crippen molar-refractivity contribution in [1.29, 1.82) is 0 Å². The van der Waals surface area contributed by atoms with E-state index in [1.807, 2.05) is 42.9 Å². The zero-order valence-corrected chi connectivity index (χ0v) is 21.3. The van der Waals surface area contributed by atoms with Crippen molar-refractivity contribution in [3.63, 3.8) is 0 Å². The lowest BCUT2D eigenvalue weighted by molar-refractivity contribution is 0.628. The summed E-state index contributed by atoms with van der Waals surface area (Å²) >= 11 is 0. The normalized spacial score (nSPS) is 11.4. The molecule has 3 N–H and O–H groups in total. The second-order valence-corrected chi connectivity index (χ2v) is 9.54. The number of halogens is 1. The molecule has 0 radical (unpaired) electrons. The summed E-state index contributed by atoms with van der Waals surface area (Å²) < 4.78 is 13.5. The highest BCUT2D eigenvalue weighted by molar-refractivity contribution is 5.96. The van der Waals surface area contributed by atoms with Crippen molar-refractivity contribution < 1.29 is 4.39 Å². The Labute approximate surface area is 228 Å². The van der Waals surface area contributed by atoms with Gasteiger partial charge in [0.25, 0.3) is 0 Å². The Bertz CT molecular complexity index is 1940. The van der Waals surface area contributed by atoms with Crippen LogP contribution in [0.1, 0.15) is 11.1 Å². The first-order valence-electron chi connectivity index (χ1n) is 12.8. The predicted octanol–water partition coefficient (Wildman–Crippen LogP) is 6.05. The molecule has 0 saturated heterocycles. The monoisotopic (exact) mass is 526 g/mol. The van der Waals surface area contributed by atoms with Crippen LogP contribution in [0.25, 0.3) is 55.8 Å². The van der Waals surface area contributed by atoms with Crippen LogP contribution in [0.2, 0.25) is 0 Å². The molecule has 0 atom stereocenters. The fourth-order valence-corrected chi connectivity index (χ4v) is 4.82. The lowest BCUT2D eigenvalue weighted by atomic mass is 10.1. The van der Waals surface area contributed by atoms with Gasteiger partial charge < -0.3 is 10.3 Å². The Hall–Kier alpha value is -5.28. The van der Waals surface area contributed by atoms with E-state index in [0.717, 1.165) is 50.8 Å². The van der Waals surface area contributed by atoms with Gasteiger partial charge in [0.15, 0.2) is 11.5 Å². The number of benzene rings is 2. The molecule has 40 heavy (non-hydrogen) atoms. The van der Waals surface area contributed by atoms with Crippen LogP contribution in [-0.4, -0.2) is 35.1 Å². The van der Waals surface area contributed by atoms with Crippen LogP contribution in [0.5, 0.6) is 0 Å². The number of rotatable bonds is 7. The molecule has 2 aromatic carbocycles. The molecular weight excluding hydrogens is 503 g/mol. The Morgan fingerprint density at radius 2 is 1.55 bits per heavy atom. The quantitative estimate of drug-likeness (QED) is 0.233. The van der Waals surface area contributed by atoms with Gasteiger partial charge in [-0.2, -0.15) is 5.10 Å². The van der Waals surface area contributed by atoms with E-state index in [0.29, 0.717) is 23.7 Å². The first-order valence-corrected chi connectivity index (χ1v) is 12.8. The maximum absolute atomic E-state index is 13.5. The zero-order chi connectivity index (χ0) is 26.9. The second-order valence-electron chi connectivity index (χ2n) is 9.54. The lowest BCUT2D eigenvalue weighted by Crippen LogP contribution is -2.12. The fourth-order valence-electron chi connectivity index (χ4n) is 4.82. The number of hydrogen-bond donors (Lipinski definition) is 3. The molecule has 194 valence electrons. The highest BCUT2D eigenvalue weighted by Gasteiger charge is 2.17. The number of pyridine rings is 3. The van der Waals surface area contributed by atoms with Gasteiger partial charge in [-0.1, -0.05) is 42.5 Å². The van der Waals surface area contributed by atoms with Gasteiger partial charge in [-0.3, -0.25) is 15.1 Å². The van der Waals surface area contributed by atoms with Crippen molar-refractivity contribution in [3.8, 4) is 33.8 Å². The number of imidazole rings is 1. The SMILES string of the molecule is Fc1ccc(-c2cncc3[nH]c(-c4n[nH]c5ncc(-c6cncc(CNCc7ccccc7)c6)cc45)nc23)cc1. The third-order valence-electron chi connectivity index (χ3n) is 6.82. The summed E-state index contributed by atoms with van der Waals surface area (Å²) in [5.74, 6) is 0.302. The minimum Gasteiger partial charge on any atom is -0.335 e. The summed E-state index contributed by atoms with van der Waals surface area (Å²) in [5, 5.41) is 11.8. The molecule has 0 unspecified atom stereocenters. The molecule has 0 aliphatic carbocycles. The van der Waals surface area contributed by atoms with E-state index >= 15 is 0 Å². The van der Waals surface area contributed by atoms with Crippen molar-refractivity contribution in [2.75, 3.05) is 0 Å². The number of nitrogens with one attached hydrogen (secondary N) is 3. The molecule has 7 aromatic rings. The highest BCUT2D eigenvalue weighted by Crippen LogP contribution is 2.32. The molecule has 8 nitrogen and oxygen atoms in total. The van der Waals surface area contributed by atoms with Gasteiger partial charge in [0.1, 0.15) is 11.5 Å². The Morgan fingerprint density at radius 1 is 0.750 bits per heavy atom. The maximum atomic E-state index is 13.5. The predicted molar refractivity (Wildman–Crippen MR) is 152 cm³/mol. The van der Waals surface area contributed by atoms with Crippen LogP contribution in [0, 0.1) is 5.82 Å². The largest absolute Gasteiger partial charge is 0.335 e. The van der Waals surface area contributed by atoms with Crippen LogP contribution in [0.15, 0.2) is 97.7 Å². The minimum absolute atomic E-state index is 0.290. The number of H-pyrrole nitrogens is 2. The second kappa shape index (κ2) is 10.1. The molecule has 5 heterocycles. The standard InChI is InChI=1S/C31H23FN8/c32-24-8-6-21(7-9-24)26-17-35-18-27-28(26)38-31(37-27)29-25-11-23(16-36-30(25)40-39-29)22-10-20(14-34-15-22)13-33-12-19-4-2-1-3-5-19/h1-11,14-18,33H,12-13H2,(H,37,38)(H,36,39,40). The van der Waals surface area contributed by atoms with Gasteiger partial charge in [0.05, 0.1) is 22.6 Å². The molecule has 0 saturated carbocycles. The molecule has 0 aliphatic rings. The Morgan fingerprint density at radius 3 is 2.42 bits per heavy atom.